The van der Waals surface area contributed by atoms with E-state index in [0.717, 1.165) is 0 Å². The van der Waals surface area contributed by atoms with Crippen LogP contribution >= 0.6 is 0 Å². The lowest BCUT2D eigenvalue weighted by molar-refractivity contribution is 0.482. The number of rotatable bonds is 4. The minimum absolute atomic E-state index is 0.0464. The molecule has 0 aliphatic carbocycles. The van der Waals surface area contributed by atoms with Gasteiger partial charge in [-0.15, -0.1) is 13.2 Å². The van der Waals surface area contributed by atoms with E-state index in [9.17, 15) is 8.42 Å². The zero-order chi connectivity index (χ0) is 13.3. The minimum atomic E-state index is -4.10. The molecular formula is C12H17NO3S. The second kappa shape index (κ2) is 7.78. The summed E-state index contributed by atoms with van der Waals surface area (Å²) in [6.45, 7) is 7.44. The van der Waals surface area contributed by atoms with E-state index >= 15 is 0 Å². The number of benzene rings is 1. The van der Waals surface area contributed by atoms with Gasteiger partial charge in [-0.2, -0.15) is 8.42 Å². The first-order valence-corrected chi connectivity index (χ1v) is 6.38. The van der Waals surface area contributed by atoms with Gasteiger partial charge >= 0.3 is 0 Å². The van der Waals surface area contributed by atoms with E-state index < -0.39 is 10.1 Å². The minimum Gasteiger partial charge on any atom is -0.327 e. The van der Waals surface area contributed by atoms with Gasteiger partial charge in [-0.05, 0) is 18.1 Å². The van der Waals surface area contributed by atoms with Crippen molar-refractivity contribution in [3.05, 3.63) is 55.1 Å². The van der Waals surface area contributed by atoms with Crippen LogP contribution in [0.5, 0.6) is 0 Å². The fourth-order valence-electron chi connectivity index (χ4n) is 1.08. The van der Waals surface area contributed by atoms with E-state index in [-0.39, 0.29) is 4.90 Å². The summed E-state index contributed by atoms with van der Waals surface area (Å²) in [5, 5.41) is 0. The third-order valence-electron chi connectivity index (χ3n) is 1.78. The van der Waals surface area contributed by atoms with Crippen LogP contribution in [0.1, 0.15) is 5.56 Å². The van der Waals surface area contributed by atoms with E-state index in [1.165, 1.54) is 6.07 Å². The predicted octanol–water partition coefficient (Wildman–Crippen LogP) is 1.79. The third-order valence-corrected chi connectivity index (χ3v) is 2.74. The Kier molecular flexibility index (Phi) is 7.13. The lowest BCUT2D eigenvalue weighted by Crippen LogP contribution is -2.02. The second-order valence-electron chi connectivity index (χ2n) is 3.10. The molecular weight excluding hydrogens is 238 g/mol. The summed E-state index contributed by atoms with van der Waals surface area (Å²) in [5.74, 6) is 0. The van der Waals surface area contributed by atoms with Crippen LogP contribution in [-0.2, 0) is 16.5 Å². The summed E-state index contributed by atoms with van der Waals surface area (Å²) in [5.41, 5.74) is 5.47. The fraction of sp³-hybridized carbons (Fsp3) is 0.167. The number of hydrogen-bond acceptors (Lipinski definition) is 3. The van der Waals surface area contributed by atoms with Crippen molar-refractivity contribution in [2.75, 3.05) is 6.54 Å². The van der Waals surface area contributed by atoms with Crippen molar-refractivity contribution in [1.82, 2.24) is 0 Å². The molecule has 0 saturated carbocycles. The molecule has 1 rings (SSSR count). The Hall–Kier alpha value is -1.43. The Balaban J connectivity index is 0.000000557. The Labute approximate surface area is 102 Å². The normalized spacial score (nSPS) is 10.0. The molecule has 94 valence electrons. The molecule has 0 fully saturated rings. The van der Waals surface area contributed by atoms with Gasteiger partial charge in [0.25, 0.3) is 10.1 Å². The van der Waals surface area contributed by atoms with Crippen LogP contribution in [0, 0.1) is 0 Å². The van der Waals surface area contributed by atoms with Gasteiger partial charge in [0.15, 0.2) is 0 Å². The molecule has 0 unspecified atom stereocenters. The predicted molar refractivity (Wildman–Crippen MR) is 69.4 cm³/mol. The molecule has 5 heteroatoms. The highest BCUT2D eigenvalue weighted by molar-refractivity contribution is 7.85. The molecule has 0 amide bonds. The monoisotopic (exact) mass is 255 g/mol. The van der Waals surface area contributed by atoms with Crippen molar-refractivity contribution in [2.24, 2.45) is 5.73 Å². The molecule has 0 spiro atoms. The smallest absolute Gasteiger partial charge is 0.294 e. The summed E-state index contributed by atoms with van der Waals surface area (Å²) < 4.78 is 30.5. The van der Waals surface area contributed by atoms with Gasteiger partial charge in [-0.3, -0.25) is 4.55 Å². The van der Waals surface area contributed by atoms with E-state index in [0.29, 0.717) is 18.5 Å². The fourth-order valence-corrected chi connectivity index (χ4v) is 1.81. The molecule has 3 N–H and O–H groups in total. The quantitative estimate of drug-likeness (QED) is 0.635. The summed E-state index contributed by atoms with van der Waals surface area (Å²) in [6, 6.07) is 6.29. The first kappa shape index (κ1) is 15.6. The van der Waals surface area contributed by atoms with Gasteiger partial charge in [0.05, 0.1) is 4.90 Å². The van der Waals surface area contributed by atoms with Gasteiger partial charge < -0.3 is 5.73 Å². The van der Waals surface area contributed by atoms with Crippen LogP contribution in [0.4, 0.5) is 0 Å². The maximum absolute atomic E-state index is 10.8. The third kappa shape index (κ3) is 6.01. The molecule has 0 heterocycles. The largest absolute Gasteiger partial charge is 0.327 e. The SMILES string of the molecule is C=CCN.C=CCc1ccccc1S(=O)(=O)O. The van der Waals surface area contributed by atoms with E-state index in [1.54, 1.807) is 30.4 Å². The number of hydrogen-bond donors (Lipinski definition) is 2. The molecule has 0 aliphatic heterocycles. The number of nitrogens with two attached hydrogens (primary N) is 1. The summed E-state index contributed by atoms with van der Waals surface area (Å²) in [4.78, 5) is -0.0464. The Morgan fingerprint density at radius 2 is 1.76 bits per heavy atom. The van der Waals surface area contributed by atoms with Crippen molar-refractivity contribution in [3.8, 4) is 0 Å². The second-order valence-corrected chi connectivity index (χ2v) is 4.49. The van der Waals surface area contributed by atoms with Gasteiger partial charge in [0, 0.05) is 6.54 Å². The first-order chi connectivity index (χ1) is 7.97. The Morgan fingerprint density at radius 1 is 1.24 bits per heavy atom. The molecule has 4 nitrogen and oxygen atoms in total. The van der Waals surface area contributed by atoms with Crippen LogP contribution in [0.3, 0.4) is 0 Å². The average molecular weight is 255 g/mol. The lowest BCUT2D eigenvalue weighted by Gasteiger charge is -2.02. The Morgan fingerprint density at radius 3 is 2.18 bits per heavy atom. The van der Waals surface area contributed by atoms with Crippen molar-refractivity contribution in [3.63, 3.8) is 0 Å². The number of allylic oxidation sites excluding steroid dienone is 1. The molecule has 0 bridgehead atoms. The van der Waals surface area contributed by atoms with E-state index in [1.807, 2.05) is 0 Å². The molecule has 0 saturated heterocycles. The first-order valence-electron chi connectivity index (χ1n) is 4.94. The highest BCUT2D eigenvalue weighted by Crippen LogP contribution is 2.15. The van der Waals surface area contributed by atoms with Crippen LogP contribution in [-0.4, -0.2) is 19.5 Å². The molecule has 0 atom stereocenters. The summed E-state index contributed by atoms with van der Waals surface area (Å²) in [7, 11) is -4.10. The van der Waals surface area contributed by atoms with Crippen molar-refractivity contribution >= 4 is 10.1 Å². The zero-order valence-electron chi connectivity index (χ0n) is 9.54. The highest BCUT2D eigenvalue weighted by Gasteiger charge is 2.12. The molecule has 0 aliphatic rings. The van der Waals surface area contributed by atoms with E-state index in [2.05, 4.69) is 13.2 Å². The van der Waals surface area contributed by atoms with Crippen molar-refractivity contribution in [1.29, 1.82) is 0 Å². The van der Waals surface area contributed by atoms with Crippen LogP contribution < -0.4 is 5.73 Å². The average Bonchev–Trinajstić information content (AvgIpc) is 2.29. The topological polar surface area (TPSA) is 80.4 Å². The highest BCUT2D eigenvalue weighted by atomic mass is 32.2. The molecule has 0 radical (unpaired) electrons. The van der Waals surface area contributed by atoms with Crippen molar-refractivity contribution in [2.45, 2.75) is 11.3 Å². The van der Waals surface area contributed by atoms with Gasteiger partial charge in [-0.1, -0.05) is 30.4 Å². The van der Waals surface area contributed by atoms with Gasteiger partial charge in [-0.25, -0.2) is 0 Å². The van der Waals surface area contributed by atoms with Crippen LogP contribution in [0.25, 0.3) is 0 Å². The maximum Gasteiger partial charge on any atom is 0.294 e. The van der Waals surface area contributed by atoms with E-state index in [4.69, 9.17) is 10.3 Å². The Bertz CT molecular complexity index is 466. The summed E-state index contributed by atoms with van der Waals surface area (Å²) in [6.07, 6.45) is 3.67. The molecule has 0 aromatic heterocycles. The standard InChI is InChI=1S/C9H10O3S.C3H7N/c1-2-5-8-6-3-4-7-9(8)13(10,11)12;1-2-3-4/h2-4,6-7H,1,5H2,(H,10,11,12);2H,1,3-4H2. The maximum atomic E-state index is 10.8. The van der Waals surface area contributed by atoms with Gasteiger partial charge in [0.1, 0.15) is 0 Å². The summed E-state index contributed by atoms with van der Waals surface area (Å²) >= 11 is 0. The molecule has 1 aromatic rings. The van der Waals surface area contributed by atoms with Crippen LogP contribution in [0.15, 0.2) is 54.5 Å². The van der Waals surface area contributed by atoms with Gasteiger partial charge in [0.2, 0.25) is 0 Å². The zero-order valence-corrected chi connectivity index (χ0v) is 10.4. The van der Waals surface area contributed by atoms with Crippen LogP contribution in [0.2, 0.25) is 0 Å². The van der Waals surface area contributed by atoms with Crippen molar-refractivity contribution < 1.29 is 13.0 Å². The lowest BCUT2D eigenvalue weighted by atomic mass is 10.1. The molecule has 1 aromatic carbocycles. The molecule has 17 heavy (non-hydrogen) atoms.